The number of hydrogen-bond acceptors (Lipinski definition) is 5. The monoisotopic (exact) mass is 390 g/mol. The number of rotatable bonds is 4. The van der Waals surface area contributed by atoms with E-state index in [0.717, 1.165) is 0 Å². The van der Waals surface area contributed by atoms with Gasteiger partial charge >= 0.3 is 12.1 Å². The summed E-state index contributed by atoms with van der Waals surface area (Å²) < 4.78 is 48.8. The van der Waals surface area contributed by atoms with Crippen LogP contribution in [-0.2, 0) is 11.3 Å². The van der Waals surface area contributed by atoms with Crippen LogP contribution in [0.2, 0.25) is 0 Å². The van der Waals surface area contributed by atoms with Gasteiger partial charge in [0.15, 0.2) is 5.96 Å². The van der Waals surface area contributed by atoms with E-state index in [9.17, 15) is 18.0 Å². The summed E-state index contributed by atoms with van der Waals surface area (Å²) in [7, 11) is 2.91. The fraction of sp³-hybridized carbons (Fsp3) is 0.647. The number of piperazine rings is 1. The lowest BCUT2D eigenvalue weighted by atomic mass is 10.2. The van der Waals surface area contributed by atoms with Crippen LogP contribution in [0.1, 0.15) is 28.8 Å². The molecule has 0 aliphatic carbocycles. The standard InChI is InChI=1S/C17H25F3N4O3/c1-11-14(15(25)26-4)9-13(27-11)10-22-16(21-3)24-7-5-23(6-8-24)12(2)17(18,19)20/h9,12H,5-8,10H2,1-4H3,(H,21,22). The van der Waals surface area contributed by atoms with Crippen molar-refractivity contribution in [1.29, 1.82) is 0 Å². The van der Waals surface area contributed by atoms with Crippen molar-refractivity contribution in [3.05, 3.63) is 23.2 Å². The van der Waals surface area contributed by atoms with Gasteiger partial charge in [-0.1, -0.05) is 0 Å². The average Bonchev–Trinajstić information content (AvgIpc) is 3.01. The van der Waals surface area contributed by atoms with Crippen molar-refractivity contribution < 1.29 is 27.1 Å². The summed E-state index contributed by atoms with van der Waals surface area (Å²) in [5.74, 6) is 1.10. The quantitative estimate of drug-likeness (QED) is 0.482. The Balaban J connectivity index is 1.91. The van der Waals surface area contributed by atoms with Crippen LogP contribution in [0.3, 0.4) is 0 Å². The van der Waals surface area contributed by atoms with E-state index in [4.69, 9.17) is 4.42 Å². The second kappa shape index (κ2) is 8.64. The fourth-order valence-corrected chi connectivity index (χ4v) is 2.97. The largest absolute Gasteiger partial charge is 0.465 e. The highest BCUT2D eigenvalue weighted by molar-refractivity contribution is 5.90. The minimum atomic E-state index is -4.23. The minimum Gasteiger partial charge on any atom is -0.465 e. The first-order valence-corrected chi connectivity index (χ1v) is 8.61. The van der Waals surface area contributed by atoms with E-state index in [-0.39, 0.29) is 0 Å². The topological polar surface area (TPSA) is 70.3 Å². The molecule has 0 spiro atoms. The van der Waals surface area contributed by atoms with Crippen LogP contribution in [-0.4, -0.2) is 74.3 Å². The van der Waals surface area contributed by atoms with Crippen molar-refractivity contribution in [3.63, 3.8) is 0 Å². The zero-order chi connectivity index (χ0) is 20.2. The number of halogens is 3. The van der Waals surface area contributed by atoms with Crippen molar-refractivity contribution >= 4 is 11.9 Å². The van der Waals surface area contributed by atoms with Gasteiger partial charge in [-0.15, -0.1) is 0 Å². The van der Waals surface area contributed by atoms with Gasteiger partial charge in [-0.05, 0) is 19.9 Å². The van der Waals surface area contributed by atoms with E-state index in [0.29, 0.717) is 55.8 Å². The number of ether oxygens (including phenoxy) is 1. The van der Waals surface area contributed by atoms with Crippen LogP contribution in [0.5, 0.6) is 0 Å². The summed E-state index contributed by atoms with van der Waals surface area (Å²) >= 11 is 0. The van der Waals surface area contributed by atoms with E-state index in [1.807, 2.05) is 4.90 Å². The first kappa shape index (κ1) is 21.1. The highest BCUT2D eigenvalue weighted by atomic mass is 19.4. The molecule has 1 atom stereocenters. The Hall–Kier alpha value is -2.23. The number of carbonyl (C=O) groups is 1. The van der Waals surface area contributed by atoms with E-state index >= 15 is 0 Å². The number of esters is 1. The maximum absolute atomic E-state index is 12.8. The van der Waals surface area contributed by atoms with Crippen molar-refractivity contribution in [1.82, 2.24) is 15.1 Å². The number of nitrogens with zero attached hydrogens (tertiary/aromatic N) is 3. The Morgan fingerprint density at radius 3 is 2.52 bits per heavy atom. The van der Waals surface area contributed by atoms with Gasteiger partial charge in [-0.25, -0.2) is 4.79 Å². The highest BCUT2D eigenvalue weighted by Gasteiger charge is 2.41. The third kappa shape index (κ3) is 5.15. The van der Waals surface area contributed by atoms with Gasteiger partial charge in [0.25, 0.3) is 0 Å². The second-order valence-electron chi connectivity index (χ2n) is 6.32. The zero-order valence-corrected chi connectivity index (χ0v) is 15.9. The first-order valence-electron chi connectivity index (χ1n) is 8.61. The number of aryl methyl sites for hydroxylation is 1. The molecule has 2 rings (SSSR count). The van der Waals surface area contributed by atoms with Crippen LogP contribution >= 0.6 is 0 Å². The number of alkyl halides is 3. The van der Waals surface area contributed by atoms with Gasteiger partial charge < -0.3 is 19.4 Å². The molecule has 10 heteroatoms. The molecule has 0 radical (unpaired) electrons. The molecule has 27 heavy (non-hydrogen) atoms. The molecule has 1 aliphatic heterocycles. The Morgan fingerprint density at radius 2 is 2.00 bits per heavy atom. The van der Waals surface area contributed by atoms with Crippen LogP contribution in [0, 0.1) is 6.92 Å². The van der Waals surface area contributed by atoms with Crippen molar-refractivity contribution in [2.45, 2.75) is 32.6 Å². The van der Waals surface area contributed by atoms with Crippen molar-refractivity contribution in [2.24, 2.45) is 4.99 Å². The second-order valence-corrected chi connectivity index (χ2v) is 6.32. The number of hydrogen-bond donors (Lipinski definition) is 1. The molecular weight excluding hydrogens is 365 g/mol. The summed E-state index contributed by atoms with van der Waals surface area (Å²) in [5, 5.41) is 3.12. The van der Waals surface area contributed by atoms with Gasteiger partial charge in [0.2, 0.25) is 0 Å². The summed E-state index contributed by atoms with van der Waals surface area (Å²) in [6.45, 7) is 4.62. The number of methoxy groups -OCH3 is 1. The Morgan fingerprint density at radius 1 is 1.37 bits per heavy atom. The molecule has 1 aliphatic rings. The lowest BCUT2D eigenvalue weighted by Crippen LogP contribution is -2.56. The molecular formula is C17H25F3N4O3. The van der Waals surface area contributed by atoms with Crippen molar-refractivity contribution in [3.8, 4) is 0 Å². The van der Waals surface area contributed by atoms with Crippen LogP contribution < -0.4 is 5.32 Å². The van der Waals surface area contributed by atoms with E-state index in [1.165, 1.54) is 18.9 Å². The first-order chi connectivity index (χ1) is 12.7. The molecule has 1 unspecified atom stereocenters. The highest BCUT2D eigenvalue weighted by Crippen LogP contribution is 2.25. The maximum atomic E-state index is 12.8. The molecule has 1 saturated heterocycles. The van der Waals surface area contributed by atoms with E-state index < -0.39 is 18.2 Å². The minimum absolute atomic E-state index is 0.295. The summed E-state index contributed by atoms with van der Waals surface area (Å²) in [5.41, 5.74) is 0.360. The third-order valence-electron chi connectivity index (χ3n) is 4.64. The summed E-state index contributed by atoms with van der Waals surface area (Å²) in [6.07, 6.45) is -4.23. The van der Waals surface area contributed by atoms with Gasteiger partial charge in [0, 0.05) is 33.2 Å². The third-order valence-corrected chi connectivity index (χ3v) is 4.64. The molecule has 7 nitrogen and oxygen atoms in total. The van der Waals surface area contributed by atoms with Gasteiger partial charge in [0.1, 0.15) is 23.1 Å². The summed E-state index contributed by atoms with van der Waals surface area (Å²) in [4.78, 5) is 19.1. The average molecular weight is 390 g/mol. The van der Waals surface area contributed by atoms with E-state index in [1.54, 1.807) is 20.0 Å². The normalized spacial score (nSPS) is 17.7. The number of furan rings is 1. The Bertz CT molecular complexity index is 679. The predicted octanol–water partition coefficient (Wildman–Crippen LogP) is 2.02. The fourth-order valence-electron chi connectivity index (χ4n) is 2.97. The molecule has 1 aromatic heterocycles. The molecule has 1 fully saturated rings. The predicted molar refractivity (Wildman–Crippen MR) is 93.6 cm³/mol. The Labute approximate surface area is 156 Å². The SMILES string of the molecule is CN=C(NCc1cc(C(=O)OC)c(C)o1)N1CCN(C(C)C(F)(F)F)CC1. The number of nitrogens with one attached hydrogen (secondary N) is 1. The van der Waals surface area contributed by atoms with Crippen LogP contribution in [0.25, 0.3) is 0 Å². The molecule has 0 bridgehead atoms. The lowest BCUT2D eigenvalue weighted by molar-refractivity contribution is -0.181. The maximum Gasteiger partial charge on any atom is 0.403 e. The van der Waals surface area contributed by atoms with Crippen LogP contribution in [0.4, 0.5) is 13.2 Å². The molecule has 2 heterocycles. The Kier molecular flexibility index (Phi) is 6.74. The van der Waals surface area contributed by atoms with Crippen LogP contribution in [0.15, 0.2) is 15.5 Å². The van der Waals surface area contributed by atoms with Gasteiger partial charge in [0.05, 0.1) is 13.7 Å². The zero-order valence-electron chi connectivity index (χ0n) is 15.9. The van der Waals surface area contributed by atoms with Gasteiger partial charge in [-0.2, -0.15) is 13.2 Å². The molecule has 1 aromatic rings. The van der Waals surface area contributed by atoms with Gasteiger partial charge in [-0.3, -0.25) is 9.89 Å². The summed E-state index contributed by atoms with van der Waals surface area (Å²) in [6, 6.07) is 0.141. The number of guanidine groups is 1. The molecule has 0 aromatic carbocycles. The lowest BCUT2D eigenvalue weighted by Gasteiger charge is -2.39. The number of carbonyl (C=O) groups excluding carboxylic acids is 1. The smallest absolute Gasteiger partial charge is 0.403 e. The van der Waals surface area contributed by atoms with E-state index in [2.05, 4.69) is 15.0 Å². The molecule has 0 amide bonds. The molecule has 152 valence electrons. The van der Waals surface area contributed by atoms with Crippen molar-refractivity contribution in [2.75, 3.05) is 40.3 Å². The number of aliphatic imine (C=N–C) groups is 1. The molecule has 0 saturated carbocycles. The molecule has 1 N–H and O–H groups in total.